The summed E-state index contributed by atoms with van der Waals surface area (Å²) < 4.78 is 11.3. The number of benzene rings is 2. The lowest BCUT2D eigenvalue weighted by Crippen LogP contribution is -2.73. The first-order valence-electron chi connectivity index (χ1n) is 16.5. The highest BCUT2D eigenvalue weighted by Crippen LogP contribution is 2.66. The average molecular weight is 680 g/mol. The van der Waals surface area contributed by atoms with E-state index >= 15 is 0 Å². The van der Waals surface area contributed by atoms with Crippen LogP contribution in [0, 0.1) is 24.7 Å². The fraction of sp³-hybridized carbons (Fsp3) is 0.395. The third-order valence-corrected chi connectivity index (χ3v) is 10.3. The summed E-state index contributed by atoms with van der Waals surface area (Å²) in [4.78, 5) is 29.8. The first-order chi connectivity index (χ1) is 23.8. The molecule has 3 aliphatic rings. The third kappa shape index (κ3) is 6.90. The van der Waals surface area contributed by atoms with Crippen molar-refractivity contribution in [1.82, 2.24) is 35.9 Å². The quantitative estimate of drug-likeness (QED) is 0.103. The molecule has 1 atom stereocenters. The highest BCUT2D eigenvalue weighted by molar-refractivity contribution is 6.36. The molecule has 3 saturated carbocycles. The molecule has 1 unspecified atom stereocenters. The normalized spacial score (nSPS) is 19.7. The Morgan fingerprint density at radius 2 is 1.53 bits per heavy atom. The summed E-state index contributed by atoms with van der Waals surface area (Å²) in [6.45, 7) is 3.78. The fourth-order valence-corrected chi connectivity index (χ4v) is 7.47. The molecule has 3 fully saturated rings. The van der Waals surface area contributed by atoms with Crippen LogP contribution in [0.2, 0.25) is 5.02 Å². The van der Waals surface area contributed by atoms with E-state index in [1.807, 2.05) is 43.4 Å². The van der Waals surface area contributed by atoms with Crippen molar-refractivity contribution < 1.29 is 14.3 Å². The fourth-order valence-electron chi connectivity index (χ4n) is 7.15. The van der Waals surface area contributed by atoms with E-state index in [1.54, 1.807) is 26.6 Å². The average Bonchev–Trinajstić information content (AvgIpc) is 3.09. The maximum absolute atomic E-state index is 10.8. The number of nitrogens with zero attached hydrogens (tertiary/aromatic N) is 4. The first kappa shape index (κ1) is 34.5. The second-order valence-electron chi connectivity index (χ2n) is 13.0. The van der Waals surface area contributed by atoms with Gasteiger partial charge in [0.25, 0.3) is 0 Å². The molecule has 2 heterocycles. The zero-order valence-electron chi connectivity index (χ0n) is 28.4. The SMILES string of the molecule is C#CC12CC(NCc3ncc(-c4cccc(-c5cccc(-c6cnc(CNCC(CCC=O)NC)c(OC)n6)c5Cl)c4C)nc3OC)(C1)C2. The molecule has 3 N–H and O–H groups in total. The summed E-state index contributed by atoms with van der Waals surface area (Å²) in [6.07, 6.45) is 14.5. The number of rotatable bonds is 16. The van der Waals surface area contributed by atoms with Gasteiger partial charge in [0.2, 0.25) is 11.8 Å². The van der Waals surface area contributed by atoms with Gasteiger partial charge in [0.15, 0.2) is 0 Å². The Kier molecular flexibility index (Phi) is 10.3. The van der Waals surface area contributed by atoms with E-state index in [1.165, 1.54) is 0 Å². The topological polar surface area (TPSA) is 123 Å². The van der Waals surface area contributed by atoms with Crippen molar-refractivity contribution in [2.45, 2.75) is 63.7 Å². The second kappa shape index (κ2) is 14.6. The predicted octanol–water partition coefficient (Wildman–Crippen LogP) is 5.55. The van der Waals surface area contributed by atoms with Crippen molar-refractivity contribution in [3.8, 4) is 57.7 Å². The minimum atomic E-state index is 0.108. The molecule has 7 rings (SSSR count). The van der Waals surface area contributed by atoms with Gasteiger partial charge < -0.3 is 30.2 Å². The summed E-state index contributed by atoms with van der Waals surface area (Å²) in [5, 5.41) is 10.8. The Morgan fingerprint density at radius 1 is 0.939 bits per heavy atom. The lowest BCUT2D eigenvalue weighted by atomic mass is 9.40. The highest BCUT2D eigenvalue weighted by atomic mass is 35.5. The van der Waals surface area contributed by atoms with E-state index < -0.39 is 0 Å². The van der Waals surface area contributed by atoms with E-state index in [0.29, 0.717) is 59.9 Å². The molecule has 0 spiro atoms. The minimum Gasteiger partial charge on any atom is -0.480 e. The zero-order chi connectivity index (χ0) is 34.6. The van der Waals surface area contributed by atoms with Gasteiger partial charge in [0.1, 0.15) is 17.7 Å². The molecule has 11 heteroatoms. The number of hydrogen-bond acceptors (Lipinski definition) is 10. The molecule has 2 aromatic carbocycles. The smallest absolute Gasteiger partial charge is 0.237 e. The van der Waals surface area contributed by atoms with Crippen LogP contribution in [-0.2, 0) is 17.9 Å². The maximum Gasteiger partial charge on any atom is 0.237 e. The van der Waals surface area contributed by atoms with Gasteiger partial charge in [-0.1, -0.05) is 53.9 Å². The Balaban J connectivity index is 1.21. The van der Waals surface area contributed by atoms with Crippen LogP contribution in [0.15, 0.2) is 48.8 Å². The van der Waals surface area contributed by atoms with Crippen LogP contribution < -0.4 is 25.4 Å². The Labute approximate surface area is 292 Å². The molecule has 3 aliphatic carbocycles. The van der Waals surface area contributed by atoms with E-state index in [9.17, 15) is 4.79 Å². The van der Waals surface area contributed by atoms with Gasteiger partial charge in [-0.25, -0.2) is 9.97 Å². The van der Waals surface area contributed by atoms with Gasteiger partial charge in [-0.2, -0.15) is 0 Å². The summed E-state index contributed by atoms with van der Waals surface area (Å²) in [7, 11) is 5.09. The number of aldehydes is 1. The number of carbonyl (C=O) groups excluding carboxylic acids is 1. The molecule has 10 nitrogen and oxygen atoms in total. The molecule has 254 valence electrons. The summed E-state index contributed by atoms with van der Waals surface area (Å²) >= 11 is 7.12. The van der Waals surface area contributed by atoms with E-state index in [2.05, 4.69) is 33.8 Å². The number of carbonyl (C=O) groups is 1. The van der Waals surface area contributed by atoms with Crippen LogP contribution in [-0.4, -0.2) is 65.6 Å². The number of likely N-dealkylation sites (N-methyl/N-ethyl adjacent to an activating group) is 1. The molecule has 2 bridgehead atoms. The van der Waals surface area contributed by atoms with E-state index in [4.69, 9.17) is 42.4 Å². The first-order valence-corrected chi connectivity index (χ1v) is 16.9. The van der Waals surface area contributed by atoms with Gasteiger partial charge in [0, 0.05) is 59.7 Å². The molecular formula is C38H42ClN7O3. The third-order valence-electron chi connectivity index (χ3n) is 9.88. The standard InChI is InChI=1S/C38H42ClN7O3/c1-6-37-21-38(22-37,23-37)44-20-33-36(49-5)45-30(18-43-33)27-12-7-11-26(24(27)2)28-13-8-14-29(34(28)39)31-19-42-32(35(46-31)48-4)17-41-16-25(40-3)10-9-15-47/h1,7-8,11-15,18-19,25,40-41,44H,9-10,16-17,20-23H2,2-5H3. The van der Waals surface area contributed by atoms with Crippen molar-refractivity contribution in [1.29, 1.82) is 0 Å². The van der Waals surface area contributed by atoms with Gasteiger partial charge in [0.05, 0.1) is 43.0 Å². The monoisotopic (exact) mass is 679 g/mol. The van der Waals surface area contributed by atoms with Crippen molar-refractivity contribution in [2.24, 2.45) is 5.41 Å². The second-order valence-corrected chi connectivity index (χ2v) is 13.4. The molecule has 49 heavy (non-hydrogen) atoms. The van der Waals surface area contributed by atoms with Crippen molar-refractivity contribution in [2.75, 3.05) is 27.8 Å². The summed E-state index contributed by atoms with van der Waals surface area (Å²) in [5.74, 6) is 3.87. The van der Waals surface area contributed by atoms with Crippen LogP contribution in [0.25, 0.3) is 33.6 Å². The molecule has 2 aromatic heterocycles. The van der Waals surface area contributed by atoms with E-state index in [-0.39, 0.29) is 17.0 Å². The van der Waals surface area contributed by atoms with Crippen molar-refractivity contribution >= 4 is 17.9 Å². The Bertz CT molecular complexity index is 1870. The van der Waals surface area contributed by atoms with Gasteiger partial charge in [-0.3, -0.25) is 9.97 Å². The number of nitrogens with one attached hydrogen (secondary N) is 3. The number of halogens is 1. The van der Waals surface area contributed by atoms with Gasteiger partial charge in [-0.05, 0) is 50.8 Å². The maximum atomic E-state index is 10.8. The molecule has 4 aromatic rings. The molecule has 0 amide bonds. The van der Waals surface area contributed by atoms with E-state index in [0.717, 1.165) is 65.5 Å². The summed E-state index contributed by atoms with van der Waals surface area (Å²) in [6, 6.07) is 12.1. The lowest BCUT2D eigenvalue weighted by molar-refractivity contribution is -0.110. The van der Waals surface area contributed by atoms with Crippen molar-refractivity contribution in [3.05, 3.63) is 70.8 Å². The van der Waals surface area contributed by atoms with Gasteiger partial charge in [-0.15, -0.1) is 6.42 Å². The van der Waals surface area contributed by atoms with Crippen LogP contribution >= 0.6 is 11.6 Å². The molecule has 0 saturated heterocycles. The zero-order valence-corrected chi connectivity index (χ0v) is 29.2. The predicted molar refractivity (Wildman–Crippen MR) is 191 cm³/mol. The number of hydrogen-bond donors (Lipinski definition) is 3. The van der Waals surface area contributed by atoms with Crippen LogP contribution in [0.4, 0.5) is 0 Å². The Morgan fingerprint density at radius 3 is 2.14 bits per heavy atom. The number of ether oxygens (including phenoxy) is 2. The molecule has 0 aliphatic heterocycles. The van der Waals surface area contributed by atoms with Crippen LogP contribution in [0.5, 0.6) is 11.8 Å². The van der Waals surface area contributed by atoms with Gasteiger partial charge >= 0.3 is 0 Å². The highest BCUT2D eigenvalue weighted by Gasteiger charge is 2.66. The largest absolute Gasteiger partial charge is 0.480 e. The Hall–Kier alpha value is -4.40. The number of aromatic nitrogens is 4. The van der Waals surface area contributed by atoms with Crippen LogP contribution in [0.3, 0.4) is 0 Å². The van der Waals surface area contributed by atoms with Crippen molar-refractivity contribution in [3.63, 3.8) is 0 Å². The molecular weight excluding hydrogens is 638 g/mol. The summed E-state index contributed by atoms with van der Waals surface area (Å²) in [5.41, 5.74) is 7.53. The lowest BCUT2D eigenvalue weighted by Gasteiger charge is -2.68. The van der Waals surface area contributed by atoms with Crippen LogP contribution in [0.1, 0.15) is 49.1 Å². The minimum absolute atomic E-state index is 0.108. The molecule has 0 radical (unpaired) electrons. The number of methoxy groups -OCH3 is 2. The number of terminal acetylenes is 1.